The Morgan fingerprint density at radius 2 is 1.16 bits per heavy atom. The van der Waals surface area contributed by atoms with Crippen molar-refractivity contribution >= 4 is 32.1 Å². The van der Waals surface area contributed by atoms with Crippen LogP contribution in [0.2, 0.25) is 0 Å². The van der Waals surface area contributed by atoms with E-state index < -0.39 is 0 Å². The number of aromatic nitrogens is 2. The van der Waals surface area contributed by atoms with Crippen LogP contribution in [-0.4, -0.2) is 9.97 Å². The highest BCUT2D eigenvalue weighted by atomic mass is 32.1. The van der Waals surface area contributed by atoms with Crippen molar-refractivity contribution in [3.63, 3.8) is 0 Å². The highest BCUT2D eigenvalue weighted by molar-refractivity contribution is 7.29. The van der Waals surface area contributed by atoms with Gasteiger partial charge in [0.25, 0.3) is 0 Å². The number of unbranched alkanes of at least 4 members (excludes halogenated alkanes) is 10. The van der Waals surface area contributed by atoms with Crippen LogP contribution in [0.3, 0.4) is 0 Å². The number of hydrogen-bond donors (Lipinski definition) is 0. The van der Waals surface area contributed by atoms with Crippen LogP contribution in [0.1, 0.15) is 142 Å². The lowest BCUT2D eigenvalue weighted by Crippen LogP contribution is -2.25. The molecule has 0 atom stereocenters. The van der Waals surface area contributed by atoms with Crippen molar-refractivity contribution in [3.05, 3.63) is 105 Å². The maximum absolute atomic E-state index is 10.3. The minimum absolute atomic E-state index is 0.0913. The Bertz CT molecular complexity index is 2450. The van der Waals surface area contributed by atoms with Gasteiger partial charge in [-0.25, -0.2) is 9.97 Å². The fourth-order valence-corrected chi connectivity index (χ4v) is 11.2. The van der Waals surface area contributed by atoms with Gasteiger partial charge in [-0.3, -0.25) is 0 Å². The van der Waals surface area contributed by atoms with Gasteiger partial charge in [-0.05, 0) is 85.3 Å². The first-order chi connectivity index (χ1) is 27.8. The van der Waals surface area contributed by atoms with Gasteiger partial charge in [0.1, 0.15) is 0 Å². The molecule has 0 N–H and O–H groups in total. The van der Waals surface area contributed by atoms with Crippen molar-refractivity contribution in [2.45, 2.75) is 123 Å². The van der Waals surface area contributed by atoms with Crippen LogP contribution in [0.4, 0.5) is 0 Å². The van der Waals surface area contributed by atoms with Gasteiger partial charge in [-0.1, -0.05) is 127 Å². The predicted molar refractivity (Wildman–Crippen MR) is 237 cm³/mol. The van der Waals surface area contributed by atoms with Crippen molar-refractivity contribution < 1.29 is 0 Å². The number of hydrogen-bond acceptors (Lipinski definition) is 7. The van der Waals surface area contributed by atoms with Gasteiger partial charge in [0, 0.05) is 25.3 Å². The Balaban J connectivity index is 1.38. The van der Waals surface area contributed by atoms with Crippen LogP contribution >= 0.6 is 22.7 Å². The van der Waals surface area contributed by atoms with Gasteiger partial charge in [-0.2, -0.15) is 15.8 Å². The second kappa shape index (κ2) is 18.0. The first kappa shape index (κ1) is 40.1. The molecular weight excluding hydrogens is 735 g/mol. The molecule has 0 unspecified atom stereocenters. The van der Waals surface area contributed by atoms with E-state index in [-0.39, 0.29) is 22.1 Å². The van der Waals surface area contributed by atoms with Crippen molar-refractivity contribution in [2.75, 3.05) is 0 Å². The minimum Gasteiger partial charge on any atom is -0.228 e. The fourth-order valence-electron chi connectivity index (χ4n) is 8.89. The summed E-state index contributed by atoms with van der Waals surface area (Å²) in [5.74, 6) is 0.317. The number of thiophene rings is 2. The van der Waals surface area contributed by atoms with Crippen LogP contribution < -0.4 is 0 Å². The molecule has 3 aromatic carbocycles. The molecule has 0 amide bonds. The summed E-state index contributed by atoms with van der Waals surface area (Å²) in [5, 5.41) is 30.3. The van der Waals surface area contributed by atoms with Crippen molar-refractivity contribution in [3.8, 4) is 62.6 Å². The quantitative estimate of drug-likeness (QED) is 0.0858. The molecule has 3 aromatic heterocycles. The van der Waals surface area contributed by atoms with Gasteiger partial charge in [0.2, 0.25) is 0 Å². The molecule has 7 rings (SSSR count). The SMILES string of the molecule is CCCCCCCCC1(CCCCCCCC)c2cc(C)ccc2-c2ccc(-c3cc(-c4cc5sc(C)cc5s4)nc(-c4c(C#N)cc(C#N)cc4C#N)n3)cc21. The molecule has 0 bridgehead atoms. The fraction of sp³-hybridized carbons (Fsp3) is 0.380. The van der Waals surface area contributed by atoms with E-state index in [4.69, 9.17) is 9.97 Å². The molecule has 1 aliphatic rings. The maximum Gasteiger partial charge on any atom is 0.163 e. The molecule has 6 aromatic rings. The molecule has 0 spiro atoms. The predicted octanol–water partition coefficient (Wildman–Crippen LogP) is 14.8. The summed E-state index contributed by atoms with van der Waals surface area (Å²) >= 11 is 3.46. The van der Waals surface area contributed by atoms with Crippen LogP contribution in [-0.2, 0) is 5.41 Å². The monoisotopic (exact) mass is 785 g/mol. The zero-order valence-corrected chi connectivity index (χ0v) is 35.4. The van der Waals surface area contributed by atoms with E-state index in [2.05, 4.69) is 100 Å². The topological polar surface area (TPSA) is 97.1 Å². The third-order valence-corrected chi connectivity index (χ3v) is 14.0. The molecule has 3 heterocycles. The summed E-state index contributed by atoms with van der Waals surface area (Å²) in [4.78, 5) is 12.5. The van der Waals surface area contributed by atoms with Crippen LogP contribution in [0, 0.1) is 47.8 Å². The van der Waals surface area contributed by atoms with E-state index >= 15 is 0 Å². The van der Waals surface area contributed by atoms with Crippen LogP contribution in [0.25, 0.3) is 53.7 Å². The third-order valence-electron chi connectivity index (χ3n) is 11.8. The van der Waals surface area contributed by atoms with Gasteiger partial charge in [0.15, 0.2) is 5.82 Å². The van der Waals surface area contributed by atoms with E-state index in [1.807, 2.05) is 0 Å². The highest BCUT2D eigenvalue weighted by Gasteiger charge is 2.42. The number of rotatable bonds is 17. The zero-order valence-electron chi connectivity index (χ0n) is 33.8. The number of nitriles is 3. The Morgan fingerprint density at radius 3 is 1.77 bits per heavy atom. The molecular formula is C50H51N5S2. The maximum atomic E-state index is 10.3. The van der Waals surface area contributed by atoms with E-state index in [1.54, 1.807) is 22.7 Å². The van der Waals surface area contributed by atoms with E-state index in [0.29, 0.717) is 11.4 Å². The van der Waals surface area contributed by atoms with Gasteiger partial charge >= 0.3 is 0 Å². The summed E-state index contributed by atoms with van der Waals surface area (Å²) in [7, 11) is 0. The van der Waals surface area contributed by atoms with E-state index in [9.17, 15) is 15.8 Å². The van der Waals surface area contributed by atoms with Gasteiger partial charge in [-0.15, -0.1) is 22.7 Å². The van der Waals surface area contributed by atoms with Gasteiger partial charge < -0.3 is 0 Å². The molecule has 288 valence electrons. The summed E-state index contributed by atoms with van der Waals surface area (Å²) in [5.41, 5.74) is 10.3. The summed E-state index contributed by atoms with van der Waals surface area (Å²) < 4.78 is 2.42. The summed E-state index contributed by atoms with van der Waals surface area (Å²) in [6, 6.07) is 30.1. The zero-order chi connectivity index (χ0) is 39.9. The van der Waals surface area contributed by atoms with Crippen molar-refractivity contribution in [2.24, 2.45) is 0 Å². The smallest absolute Gasteiger partial charge is 0.163 e. The third kappa shape index (κ3) is 8.32. The number of fused-ring (bicyclic) bond motifs is 4. The lowest BCUT2D eigenvalue weighted by atomic mass is 9.70. The summed E-state index contributed by atoms with van der Waals surface area (Å²) in [6.07, 6.45) is 17.4. The molecule has 0 fully saturated rings. The lowest BCUT2D eigenvalue weighted by Gasteiger charge is -2.33. The summed E-state index contributed by atoms with van der Waals surface area (Å²) in [6.45, 7) is 8.92. The molecule has 0 radical (unpaired) electrons. The average Bonchev–Trinajstić information content (AvgIpc) is 3.87. The molecule has 0 saturated heterocycles. The number of benzene rings is 3. The average molecular weight is 786 g/mol. The Kier molecular flexibility index (Phi) is 12.6. The normalized spacial score (nSPS) is 12.6. The number of aryl methyl sites for hydroxylation is 2. The second-order valence-electron chi connectivity index (χ2n) is 15.9. The first-order valence-corrected chi connectivity index (χ1v) is 22.5. The highest BCUT2D eigenvalue weighted by Crippen LogP contribution is 2.55. The Labute approximate surface area is 346 Å². The van der Waals surface area contributed by atoms with E-state index in [1.165, 1.54) is 131 Å². The van der Waals surface area contributed by atoms with E-state index in [0.717, 1.165) is 34.7 Å². The Morgan fingerprint density at radius 1 is 0.579 bits per heavy atom. The minimum atomic E-state index is -0.0913. The second-order valence-corrected chi connectivity index (χ2v) is 18.2. The largest absolute Gasteiger partial charge is 0.228 e. The van der Waals surface area contributed by atoms with Gasteiger partial charge in [0.05, 0.1) is 56.7 Å². The molecule has 1 aliphatic carbocycles. The molecule has 7 heteroatoms. The molecule has 0 aliphatic heterocycles. The lowest BCUT2D eigenvalue weighted by molar-refractivity contribution is 0.398. The Hall–Kier alpha value is -5.13. The van der Waals surface area contributed by atoms with Crippen LogP contribution in [0.5, 0.6) is 0 Å². The van der Waals surface area contributed by atoms with Crippen LogP contribution in [0.15, 0.2) is 66.7 Å². The van der Waals surface area contributed by atoms with Crippen molar-refractivity contribution in [1.29, 1.82) is 15.8 Å². The first-order valence-electron chi connectivity index (χ1n) is 20.9. The number of nitrogens with zero attached hydrogens (tertiary/aromatic N) is 5. The molecule has 5 nitrogen and oxygen atoms in total. The molecule has 0 saturated carbocycles. The van der Waals surface area contributed by atoms with Crippen molar-refractivity contribution in [1.82, 2.24) is 9.97 Å². The standard InChI is InChI=1S/C50H51N5S2/c1-5-7-9-11-13-15-21-50(22-16-14-12-10-8-6-2)41-23-33(3)17-19-39(41)40-20-18-36(27-42(40)50)43-28-44(45-29-47-46(57-45)24-34(4)56-47)55-49(54-43)48-37(31-52)25-35(30-51)26-38(48)32-53/h17-20,23-29H,5-16,21-22H2,1-4H3. The molecule has 57 heavy (non-hydrogen) atoms.